The van der Waals surface area contributed by atoms with Crippen molar-refractivity contribution in [3.63, 3.8) is 0 Å². The summed E-state index contributed by atoms with van der Waals surface area (Å²) in [6.45, 7) is 2.86. The fourth-order valence-corrected chi connectivity index (χ4v) is 1.89. The molecule has 0 saturated heterocycles. The number of hydrogen-bond acceptors (Lipinski definition) is 2. The van der Waals surface area contributed by atoms with E-state index >= 15 is 0 Å². The van der Waals surface area contributed by atoms with Crippen LogP contribution in [0.5, 0.6) is 0 Å². The summed E-state index contributed by atoms with van der Waals surface area (Å²) in [4.78, 5) is 0. The van der Waals surface area contributed by atoms with Gasteiger partial charge in [0, 0.05) is 12.2 Å². The molecule has 2 heteroatoms. The molecular weight excluding hydrogens is 220 g/mol. The van der Waals surface area contributed by atoms with Crippen molar-refractivity contribution in [2.24, 2.45) is 0 Å². The number of aryl methyl sites for hydroxylation is 1. The molecule has 0 bridgehead atoms. The lowest BCUT2D eigenvalue weighted by atomic mass is 10.1. The Kier molecular flexibility index (Phi) is 3.98. The van der Waals surface area contributed by atoms with Gasteiger partial charge in [0.1, 0.15) is 0 Å². The van der Waals surface area contributed by atoms with Crippen LogP contribution >= 0.6 is 0 Å². The molecule has 0 atom stereocenters. The van der Waals surface area contributed by atoms with Gasteiger partial charge in [-0.3, -0.25) is 0 Å². The van der Waals surface area contributed by atoms with Crippen molar-refractivity contribution in [2.45, 2.75) is 13.3 Å². The van der Waals surface area contributed by atoms with E-state index in [1.54, 1.807) is 0 Å². The van der Waals surface area contributed by atoms with Gasteiger partial charge in [-0.25, -0.2) is 0 Å². The maximum atomic E-state index is 8.86. The van der Waals surface area contributed by atoms with Gasteiger partial charge in [-0.15, -0.1) is 0 Å². The van der Waals surface area contributed by atoms with Gasteiger partial charge in [0.05, 0.1) is 11.6 Å². The lowest BCUT2D eigenvalue weighted by molar-refractivity contribution is 1.02. The van der Waals surface area contributed by atoms with Crippen LogP contribution in [0.1, 0.15) is 16.7 Å². The second kappa shape index (κ2) is 5.88. The van der Waals surface area contributed by atoms with Crippen LogP contribution in [0.4, 0.5) is 5.69 Å². The van der Waals surface area contributed by atoms with Crippen LogP contribution in [0.25, 0.3) is 0 Å². The van der Waals surface area contributed by atoms with Crippen molar-refractivity contribution in [3.8, 4) is 6.07 Å². The van der Waals surface area contributed by atoms with Crippen LogP contribution in [0, 0.1) is 18.3 Å². The van der Waals surface area contributed by atoms with Gasteiger partial charge in [0.15, 0.2) is 0 Å². The maximum Gasteiger partial charge on any atom is 0.0994 e. The third kappa shape index (κ3) is 3.11. The number of benzene rings is 2. The summed E-state index contributed by atoms with van der Waals surface area (Å²) >= 11 is 0. The summed E-state index contributed by atoms with van der Waals surface area (Å²) in [7, 11) is 0. The molecule has 2 aromatic carbocycles. The van der Waals surface area contributed by atoms with Gasteiger partial charge in [0.25, 0.3) is 0 Å². The van der Waals surface area contributed by atoms with Gasteiger partial charge in [0.2, 0.25) is 0 Å². The summed E-state index contributed by atoms with van der Waals surface area (Å²) in [6.07, 6.45) is 1.000. The number of rotatable bonds is 4. The number of nitriles is 1. The molecule has 0 radical (unpaired) electrons. The molecule has 2 rings (SSSR count). The molecule has 2 nitrogen and oxygen atoms in total. The zero-order valence-corrected chi connectivity index (χ0v) is 10.5. The molecule has 0 aliphatic rings. The number of hydrogen-bond donors (Lipinski definition) is 1. The minimum atomic E-state index is 0.739. The van der Waals surface area contributed by atoms with E-state index < -0.39 is 0 Å². The van der Waals surface area contributed by atoms with E-state index in [0.29, 0.717) is 0 Å². The SMILES string of the molecule is Cc1cc(NCCc2ccccc2)ccc1C#N. The molecular formula is C16H16N2. The lowest BCUT2D eigenvalue weighted by Gasteiger charge is -2.08. The molecule has 0 saturated carbocycles. The van der Waals surface area contributed by atoms with Crippen molar-refractivity contribution in [1.82, 2.24) is 0 Å². The van der Waals surface area contributed by atoms with Crippen molar-refractivity contribution in [3.05, 3.63) is 65.2 Å². The first kappa shape index (κ1) is 12.2. The van der Waals surface area contributed by atoms with Crippen LogP contribution < -0.4 is 5.32 Å². The summed E-state index contributed by atoms with van der Waals surface area (Å²) < 4.78 is 0. The molecule has 0 aromatic heterocycles. The highest BCUT2D eigenvalue weighted by molar-refractivity contribution is 5.51. The minimum Gasteiger partial charge on any atom is -0.385 e. The molecule has 0 amide bonds. The van der Waals surface area contributed by atoms with Crippen LogP contribution in [-0.2, 0) is 6.42 Å². The summed E-state index contributed by atoms with van der Waals surface area (Å²) in [5.41, 5.74) is 4.16. The fourth-order valence-electron chi connectivity index (χ4n) is 1.89. The zero-order chi connectivity index (χ0) is 12.8. The fraction of sp³-hybridized carbons (Fsp3) is 0.188. The molecule has 0 fully saturated rings. The largest absolute Gasteiger partial charge is 0.385 e. The Bertz CT molecular complexity index is 553. The van der Waals surface area contributed by atoms with Crippen molar-refractivity contribution < 1.29 is 0 Å². The second-order valence-corrected chi connectivity index (χ2v) is 4.30. The Morgan fingerprint density at radius 1 is 1.11 bits per heavy atom. The molecule has 0 spiro atoms. The van der Waals surface area contributed by atoms with E-state index in [2.05, 4.69) is 35.7 Å². The van der Waals surface area contributed by atoms with Crippen LogP contribution in [-0.4, -0.2) is 6.54 Å². The molecule has 0 heterocycles. The van der Waals surface area contributed by atoms with Gasteiger partial charge in [-0.2, -0.15) is 5.26 Å². The Labute approximate surface area is 108 Å². The summed E-state index contributed by atoms with van der Waals surface area (Å²) in [5, 5.41) is 12.2. The molecule has 1 N–H and O–H groups in total. The van der Waals surface area contributed by atoms with E-state index in [1.807, 2.05) is 31.2 Å². The van der Waals surface area contributed by atoms with Gasteiger partial charge >= 0.3 is 0 Å². The molecule has 0 aliphatic heterocycles. The van der Waals surface area contributed by atoms with Crippen LogP contribution in [0.2, 0.25) is 0 Å². The maximum absolute atomic E-state index is 8.86. The second-order valence-electron chi connectivity index (χ2n) is 4.30. The number of nitrogens with one attached hydrogen (secondary N) is 1. The summed E-state index contributed by atoms with van der Waals surface area (Å²) in [5.74, 6) is 0. The third-order valence-corrected chi connectivity index (χ3v) is 2.93. The third-order valence-electron chi connectivity index (χ3n) is 2.93. The van der Waals surface area contributed by atoms with Crippen LogP contribution in [0.15, 0.2) is 48.5 Å². The Morgan fingerprint density at radius 3 is 2.56 bits per heavy atom. The van der Waals surface area contributed by atoms with Crippen LogP contribution in [0.3, 0.4) is 0 Å². The molecule has 90 valence electrons. The molecule has 2 aromatic rings. The molecule has 18 heavy (non-hydrogen) atoms. The predicted molar refractivity (Wildman–Crippen MR) is 74.5 cm³/mol. The van der Waals surface area contributed by atoms with Crippen molar-refractivity contribution in [1.29, 1.82) is 5.26 Å². The standard InChI is InChI=1S/C16H16N2/c1-13-11-16(8-7-15(13)12-17)18-10-9-14-5-3-2-4-6-14/h2-8,11,18H,9-10H2,1H3. The monoisotopic (exact) mass is 236 g/mol. The Balaban J connectivity index is 1.91. The Morgan fingerprint density at radius 2 is 1.89 bits per heavy atom. The lowest BCUT2D eigenvalue weighted by Crippen LogP contribution is -2.05. The van der Waals surface area contributed by atoms with E-state index in [1.165, 1.54) is 5.56 Å². The first-order valence-corrected chi connectivity index (χ1v) is 6.08. The smallest absolute Gasteiger partial charge is 0.0994 e. The average molecular weight is 236 g/mol. The first-order chi connectivity index (χ1) is 8.79. The highest BCUT2D eigenvalue weighted by Gasteiger charge is 1.98. The summed E-state index contributed by atoms with van der Waals surface area (Å²) in [6, 6.07) is 18.4. The van der Waals surface area contributed by atoms with Crippen molar-refractivity contribution in [2.75, 3.05) is 11.9 Å². The van der Waals surface area contributed by atoms with E-state index in [0.717, 1.165) is 29.8 Å². The van der Waals surface area contributed by atoms with Gasteiger partial charge in [-0.05, 0) is 42.7 Å². The van der Waals surface area contributed by atoms with Crippen molar-refractivity contribution >= 4 is 5.69 Å². The van der Waals surface area contributed by atoms with Gasteiger partial charge in [-0.1, -0.05) is 30.3 Å². The van der Waals surface area contributed by atoms with E-state index in [-0.39, 0.29) is 0 Å². The highest BCUT2D eigenvalue weighted by atomic mass is 14.9. The topological polar surface area (TPSA) is 35.8 Å². The zero-order valence-electron chi connectivity index (χ0n) is 10.5. The highest BCUT2D eigenvalue weighted by Crippen LogP contribution is 2.14. The predicted octanol–water partition coefficient (Wildman–Crippen LogP) is 3.52. The minimum absolute atomic E-state index is 0.739. The first-order valence-electron chi connectivity index (χ1n) is 6.08. The van der Waals surface area contributed by atoms with E-state index in [4.69, 9.17) is 5.26 Å². The average Bonchev–Trinajstić information content (AvgIpc) is 2.40. The quantitative estimate of drug-likeness (QED) is 0.881. The van der Waals surface area contributed by atoms with E-state index in [9.17, 15) is 0 Å². The van der Waals surface area contributed by atoms with Gasteiger partial charge < -0.3 is 5.32 Å². The number of anilines is 1. The normalized spacial score (nSPS) is 9.78. The number of nitrogens with zero attached hydrogens (tertiary/aromatic N) is 1. The molecule has 0 aliphatic carbocycles. The Hall–Kier alpha value is -2.27. The molecule has 0 unspecified atom stereocenters.